The number of hydrogen-bond acceptors (Lipinski definition) is 4. The van der Waals surface area contributed by atoms with Gasteiger partial charge in [-0.15, -0.1) is 0 Å². The van der Waals surface area contributed by atoms with E-state index in [1.165, 1.54) is 0 Å². The summed E-state index contributed by atoms with van der Waals surface area (Å²) in [7, 11) is 0. The Hall–Kier alpha value is -1.44. The summed E-state index contributed by atoms with van der Waals surface area (Å²) in [5.74, 6) is 0. The van der Waals surface area contributed by atoms with Gasteiger partial charge < -0.3 is 5.11 Å². The summed E-state index contributed by atoms with van der Waals surface area (Å²) in [4.78, 5) is 3.91. The first-order valence-corrected chi connectivity index (χ1v) is 4.02. The lowest BCUT2D eigenvalue weighted by Gasteiger charge is -2.09. The number of rotatable bonds is 4. The molecule has 0 aliphatic carbocycles. The molecule has 2 N–H and O–H groups in total. The van der Waals surface area contributed by atoms with Gasteiger partial charge in [-0.3, -0.25) is 10.3 Å². The standard InChI is InChI=1S/C9H11N3O/c10-6-9(12-4-5-13)8-2-1-3-11-7-8/h1-3,7,9,12-13H,4-5H2. The van der Waals surface area contributed by atoms with Gasteiger partial charge >= 0.3 is 0 Å². The molecule has 0 aliphatic heterocycles. The molecule has 4 nitrogen and oxygen atoms in total. The molecule has 0 aliphatic rings. The third kappa shape index (κ3) is 2.82. The Bertz CT molecular complexity index is 281. The zero-order chi connectivity index (χ0) is 9.52. The molecule has 0 fully saturated rings. The van der Waals surface area contributed by atoms with Gasteiger partial charge in [0.25, 0.3) is 0 Å². The van der Waals surface area contributed by atoms with Crippen LogP contribution in [0, 0.1) is 11.3 Å². The van der Waals surface area contributed by atoms with Gasteiger partial charge in [-0.1, -0.05) is 6.07 Å². The second kappa shape index (κ2) is 5.25. The lowest BCUT2D eigenvalue weighted by Crippen LogP contribution is -2.23. The second-order valence-corrected chi connectivity index (χ2v) is 2.53. The summed E-state index contributed by atoms with van der Waals surface area (Å²) in [6.07, 6.45) is 3.29. The van der Waals surface area contributed by atoms with Crippen LogP contribution in [0.4, 0.5) is 0 Å². The van der Waals surface area contributed by atoms with Crippen LogP contribution in [0.2, 0.25) is 0 Å². The van der Waals surface area contributed by atoms with Crippen molar-refractivity contribution >= 4 is 0 Å². The molecule has 1 atom stereocenters. The highest BCUT2D eigenvalue weighted by Crippen LogP contribution is 2.08. The van der Waals surface area contributed by atoms with E-state index in [2.05, 4.69) is 16.4 Å². The molecule has 1 heterocycles. The van der Waals surface area contributed by atoms with Crippen LogP contribution in [0.15, 0.2) is 24.5 Å². The van der Waals surface area contributed by atoms with Gasteiger partial charge in [-0.05, 0) is 6.07 Å². The van der Waals surface area contributed by atoms with Crippen LogP contribution in [-0.2, 0) is 0 Å². The molecule has 0 saturated carbocycles. The number of nitrogens with zero attached hydrogens (tertiary/aromatic N) is 2. The third-order valence-corrected chi connectivity index (χ3v) is 1.61. The molecular formula is C9H11N3O. The number of nitrogens with one attached hydrogen (secondary N) is 1. The molecule has 13 heavy (non-hydrogen) atoms. The predicted molar refractivity (Wildman–Crippen MR) is 47.7 cm³/mol. The quantitative estimate of drug-likeness (QED) is 0.690. The number of pyridine rings is 1. The Labute approximate surface area is 76.8 Å². The Morgan fingerprint density at radius 3 is 3.08 bits per heavy atom. The first kappa shape index (κ1) is 9.65. The van der Waals surface area contributed by atoms with Crippen molar-refractivity contribution in [1.29, 1.82) is 5.26 Å². The number of aromatic nitrogens is 1. The lowest BCUT2D eigenvalue weighted by atomic mass is 10.1. The SMILES string of the molecule is N#CC(NCCO)c1cccnc1. The van der Waals surface area contributed by atoms with Gasteiger partial charge in [0.05, 0.1) is 12.7 Å². The Morgan fingerprint density at radius 2 is 2.54 bits per heavy atom. The summed E-state index contributed by atoms with van der Waals surface area (Å²) >= 11 is 0. The van der Waals surface area contributed by atoms with Gasteiger partial charge in [-0.2, -0.15) is 5.26 Å². The highest BCUT2D eigenvalue weighted by Gasteiger charge is 2.07. The molecule has 0 saturated heterocycles. The lowest BCUT2D eigenvalue weighted by molar-refractivity contribution is 0.289. The van der Waals surface area contributed by atoms with Crippen molar-refractivity contribution in [2.75, 3.05) is 13.2 Å². The van der Waals surface area contributed by atoms with Crippen molar-refractivity contribution < 1.29 is 5.11 Å². The predicted octanol–water partition coefficient (Wildman–Crippen LogP) is 0.228. The van der Waals surface area contributed by atoms with E-state index in [0.29, 0.717) is 6.54 Å². The molecule has 0 bridgehead atoms. The minimum absolute atomic E-state index is 0.0262. The zero-order valence-electron chi connectivity index (χ0n) is 7.14. The summed E-state index contributed by atoms with van der Waals surface area (Å²) in [5.41, 5.74) is 0.818. The van der Waals surface area contributed by atoms with Crippen LogP contribution in [0.1, 0.15) is 11.6 Å². The second-order valence-electron chi connectivity index (χ2n) is 2.53. The third-order valence-electron chi connectivity index (χ3n) is 1.61. The smallest absolute Gasteiger partial charge is 0.122 e. The van der Waals surface area contributed by atoms with E-state index in [1.54, 1.807) is 18.5 Å². The van der Waals surface area contributed by atoms with Crippen molar-refractivity contribution in [3.8, 4) is 6.07 Å². The normalized spacial score (nSPS) is 12.0. The molecule has 68 valence electrons. The van der Waals surface area contributed by atoms with Gasteiger partial charge in [0.2, 0.25) is 0 Å². The van der Waals surface area contributed by atoms with Crippen molar-refractivity contribution in [1.82, 2.24) is 10.3 Å². The maximum absolute atomic E-state index is 8.78. The van der Waals surface area contributed by atoms with Crippen LogP contribution < -0.4 is 5.32 Å². The van der Waals surface area contributed by atoms with Gasteiger partial charge in [0, 0.05) is 24.5 Å². The number of aliphatic hydroxyl groups is 1. The molecule has 1 rings (SSSR count). The monoisotopic (exact) mass is 177 g/mol. The molecular weight excluding hydrogens is 166 g/mol. The molecule has 0 amide bonds. The maximum atomic E-state index is 8.78. The number of hydrogen-bond donors (Lipinski definition) is 2. The van der Waals surface area contributed by atoms with Crippen molar-refractivity contribution in [3.05, 3.63) is 30.1 Å². The molecule has 4 heteroatoms. The van der Waals surface area contributed by atoms with Crippen molar-refractivity contribution in [3.63, 3.8) is 0 Å². The molecule has 1 unspecified atom stereocenters. The van der Waals surface area contributed by atoms with Crippen molar-refractivity contribution in [2.45, 2.75) is 6.04 Å². The van der Waals surface area contributed by atoms with E-state index in [1.807, 2.05) is 6.07 Å². The summed E-state index contributed by atoms with van der Waals surface area (Å²) in [6.45, 7) is 0.436. The summed E-state index contributed by atoms with van der Waals surface area (Å²) in [6, 6.07) is 5.31. The van der Waals surface area contributed by atoms with E-state index in [-0.39, 0.29) is 12.6 Å². The number of nitriles is 1. The summed E-state index contributed by atoms with van der Waals surface area (Å²) in [5, 5.41) is 20.2. The zero-order valence-corrected chi connectivity index (χ0v) is 7.14. The van der Waals surface area contributed by atoms with Gasteiger partial charge in [-0.25, -0.2) is 0 Å². The fourth-order valence-electron chi connectivity index (χ4n) is 0.994. The molecule has 1 aromatic heterocycles. The minimum Gasteiger partial charge on any atom is -0.395 e. The van der Waals surface area contributed by atoms with E-state index >= 15 is 0 Å². The maximum Gasteiger partial charge on any atom is 0.122 e. The molecule has 0 radical (unpaired) electrons. The fraction of sp³-hybridized carbons (Fsp3) is 0.333. The average Bonchev–Trinajstić information content (AvgIpc) is 2.21. The van der Waals surface area contributed by atoms with Crippen LogP contribution in [0.3, 0.4) is 0 Å². The first-order chi connectivity index (χ1) is 6.38. The van der Waals surface area contributed by atoms with Crippen LogP contribution >= 0.6 is 0 Å². The average molecular weight is 177 g/mol. The molecule has 0 aromatic carbocycles. The largest absolute Gasteiger partial charge is 0.395 e. The summed E-state index contributed by atoms with van der Waals surface area (Å²) < 4.78 is 0. The fourth-order valence-corrected chi connectivity index (χ4v) is 0.994. The van der Waals surface area contributed by atoms with Crippen molar-refractivity contribution in [2.24, 2.45) is 0 Å². The van der Waals surface area contributed by atoms with Gasteiger partial charge in [0.1, 0.15) is 6.04 Å². The molecule has 0 spiro atoms. The van der Waals surface area contributed by atoms with E-state index in [0.717, 1.165) is 5.56 Å². The van der Waals surface area contributed by atoms with Gasteiger partial charge in [0.15, 0.2) is 0 Å². The van der Waals surface area contributed by atoms with E-state index < -0.39 is 0 Å². The van der Waals surface area contributed by atoms with Crippen LogP contribution in [-0.4, -0.2) is 23.2 Å². The molecule has 1 aromatic rings. The Morgan fingerprint density at radius 1 is 1.69 bits per heavy atom. The highest BCUT2D eigenvalue weighted by molar-refractivity contribution is 5.19. The minimum atomic E-state index is -0.388. The number of aliphatic hydroxyl groups excluding tert-OH is 1. The Balaban J connectivity index is 2.63. The first-order valence-electron chi connectivity index (χ1n) is 4.02. The Kier molecular flexibility index (Phi) is 3.89. The van der Waals surface area contributed by atoms with Crippen LogP contribution in [0.5, 0.6) is 0 Å². The highest BCUT2D eigenvalue weighted by atomic mass is 16.3. The topological polar surface area (TPSA) is 68.9 Å². The van der Waals surface area contributed by atoms with Crippen LogP contribution in [0.25, 0.3) is 0 Å². The van der Waals surface area contributed by atoms with E-state index in [4.69, 9.17) is 10.4 Å². The van der Waals surface area contributed by atoms with E-state index in [9.17, 15) is 0 Å².